The van der Waals surface area contributed by atoms with Crippen LogP contribution in [0.15, 0.2) is 40.9 Å². The largest absolute Gasteiger partial charge is 0.493 e. The first kappa shape index (κ1) is 18.4. The van der Waals surface area contributed by atoms with Crippen LogP contribution >= 0.6 is 0 Å². The predicted octanol–water partition coefficient (Wildman–Crippen LogP) is 4.05. The maximum Gasteiger partial charge on any atom is 0.230 e. The summed E-state index contributed by atoms with van der Waals surface area (Å²) < 4.78 is 33.1. The van der Waals surface area contributed by atoms with Gasteiger partial charge in [-0.15, -0.1) is 0 Å². The number of para-hydroxylation sites is 1. The molecule has 0 N–H and O–H groups in total. The Labute approximate surface area is 157 Å². The Morgan fingerprint density at radius 3 is 1.96 bits per heavy atom. The molecule has 142 valence electrons. The highest BCUT2D eigenvalue weighted by atomic mass is 16.5. The minimum atomic E-state index is 0.382. The van der Waals surface area contributed by atoms with Crippen molar-refractivity contribution in [2.24, 2.45) is 0 Å². The number of nitrogens with zero attached hydrogens (tertiary/aromatic N) is 1. The summed E-state index contributed by atoms with van der Waals surface area (Å²) in [5, 5.41) is 0. The third-order valence-electron chi connectivity index (χ3n) is 4.11. The van der Waals surface area contributed by atoms with E-state index in [0.717, 1.165) is 5.56 Å². The summed E-state index contributed by atoms with van der Waals surface area (Å²) >= 11 is 0. The van der Waals surface area contributed by atoms with E-state index in [-0.39, 0.29) is 0 Å². The fraction of sp³-hybridized carbons (Fsp3) is 0.250. The number of methoxy groups -OCH3 is 5. The molecule has 7 nitrogen and oxygen atoms in total. The molecule has 0 aliphatic carbocycles. The van der Waals surface area contributed by atoms with Gasteiger partial charge in [-0.3, -0.25) is 0 Å². The summed E-state index contributed by atoms with van der Waals surface area (Å²) in [6, 6.07) is 9.12. The lowest BCUT2D eigenvalue weighted by molar-refractivity contribution is 0.324. The molecule has 0 saturated heterocycles. The van der Waals surface area contributed by atoms with E-state index in [1.807, 2.05) is 18.2 Å². The normalized spacial score (nSPS) is 10.4. The third-order valence-corrected chi connectivity index (χ3v) is 4.11. The molecule has 0 atom stereocenters. The SMILES string of the molecule is COc1cccc(-c2cnc(-c3ccc(OC)c(OC)c3OC)o2)c1OC. The summed E-state index contributed by atoms with van der Waals surface area (Å²) in [5.41, 5.74) is 1.37. The van der Waals surface area contributed by atoms with Crippen LogP contribution in [-0.2, 0) is 0 Å². The van der Waals surface area contributed by atoms with Crippen molar-refractivity contribution in [1.82, 2.24) is 4.98 Å². The molecule has 2 aromatic carbocycles. The second-order valence-electron chi connectivity index (χ2n) is 5.45. The van der Waals surface area contributed by atoms with Crippen LogP contribution in [0.2, 0.25) is 0 Å². The van der Waals surface area contributed by atoms with Crippen molar-refractivity contribution in [3.63, 3.8) is 0 Å². The molecular weight excluding hydrogens is 350 g/mol. The lowest BCUT2D eigenvalue weighted by Gasteiger charge is -2.14. The van der Waals surface area contributed by atoms with E-state index >= 15 is 0 Å². The van der Waals surface area contributed by atoms with E-state index in [1.165, 1.54) is 0 Å². The van der Waals surface area contributed by atoms with Crippen molar-refractivity contribution < 1.29 is 28.1 Å². The van der Waals surface area contributed by atoms with Gasteiger partial charge in [0.15, 0.2) is 28.8 Å². The first-order valence-electron chi connectivity index (χ1n) is 8.15. The smallest absolute Gasteiger partial charge is 0.230 e. The van der Waals surface area contributed by atoms with Crippen molar-refractivity contribution >= 4 is 0 Å². The zero-order valence-electron chi connectivity index (χ0n) is 15.9. The van der Waals surface area contributed by atoms with Crippen LogP contribution < -0.4 is 23.7 Å². The Balaban J connectivity index is 2.10. The molecule has 0 amide bonds. The Morgan fingerprint density at radius 1 is 0.667 bits per heavy atom. The lowest BCUT2D eigenvalue weighted by Crippen LogP contribution is -1.96. The van der Waals surface area contributed by atoms with E-state index < -0.39 is 0 Å². The van der Waals surface area contributed by atoms with Crippen LogP contribution in [0.25, 0.3) is 22.8 Å². The summed E-state index contributed by atoms with van der Waals surface area (Å²) in [4.78, 5) is 4.39. The standard InChI is InChI=1S/C20H21NO6/c1-22-14-8-6-7-12(17(14)24-3)16-11-21-20(27-16)13-9-10-15(23-2)19(26-5)18(13)25-4/h6-11H,1-5H3. The zero-order chi connectivity index (χ0) is 19.4. The van der Waals surface area contributed by atoms with Gasteiger partial charge < -0.3 is 28.1 Å². The predicted molar refractivity (Wildman–Crippen MR) is 100 cm³/mol. The van der Waals surface area contributed by atoms with Crippen LogP contribution in [0.3, 0.4) is 0 Å². The second kappa shape index (κ2) is 7.90. The van der Waals surface area contributed by atoms with Crippen LogP contribution in [-0.4, -0.2) is 40.5 Å². The highest BCUT2D eigenvalue weighted by molar-refractivity contribution is 5.74. The van der Waals surface area contributed by atoms with E-state index in [0.29, 0.717) is 46.0 Å². The molecule has 0 unspecified atom stereocenters. The van der Waals surface area contributed by atoms with Crippen LogP contribution in [0.1, 0.15) is 0 Å². The van der Waals surface area contributed by atoms with Crippen LogP contribution in [0.5, 0.6) is 28.7 Å². The van der Waals surface area contributed by atoms with Crippen molar-refractivity contribution in [2.75, 3.05) is 35.5 Å². The van der Waals surface area contributed by atoms with Gasteiger partial charge in [-0.1, -0.05) is 6.07 Å². The van der Waals surface area contributed by atoms with Gasteiger partial charge in [0.05, 0.1) is 52.9 Å². The van der Waals surface area contributed by atoms with Crippen molar-refractivity contribution in [3.8, 4) is 51.5 Å². The fourth-order valence-corrected chi connectivity index (χ4v) is 2.87. The molecule has 0 fully saturated rings. The molecule has 0 radical (unpaired) electrons. The third kappa shape index (κ3) is 3.23. The van der Waals surface area contributed by atoms with Crippen molar-refractivity contribution in [1.29, 1.82) is 0 Å². The average Bonchev–Trinajstić information content (AvgIpc) is 3.21. The monoisotopic (exact) mass is 371 g/mol. The molecule has 7 heteroatoms. The maximum absolute atomic E-state index is 5.99. The summed E-state index contributed by atoms with van der Waals surface area (Å²) in [5.74, 6) is 3.60. The molecule has 0 saturated carbocycles. The highest BCUT2D eigenvalue weighted by Gasteiger charge is 2.22. The molecule has 1 heterocycles. The molecule has 27 heavy (non-hydrogen) atoms. The number of benzene rings is 2. The van der Waals surface area contributed by atoms with Gasteiger partial charge in [0.25, 0.3) is 0 Å². The number of ether oxygens (including phenoxy) is 5. The van der Waals surface area contributed by atoms with E-state index in [9.17, 15) is 0 Å². The van der Waals surface area contributed by atoms with Gasteiger partial charge >= 0.3 is 0 Å². The highest BCUT2D eigenvalue weighted by Crippen LogP contribution is 2.45. The molecule has 0 bridgehead atoms. The van der Waals surface area contributed by atoms with Gasteiger partial charge in [-0.2, -0.15) is 0 Å². The average molecular weight is 371 g/mol. The minimum absolute atomic E-state index is 0.382. The van der Waals surface area contributed by atoms with Gasteiger partial charge in [-0.25, -0.2) is 4.98 Å². The lowest BCUT2D eigenvalue weighted by atomic mass is 10.1. The Hall–Kier alpha value is -3.35. The summed E-state index contributed by atoms with van der Waals surface area (Å²) in [6.45, 7) is 0. The van der Waals surface area contributed by atoms with Crippen molar-refractivity contribution in [2.45, 2.75) is 0 Å². The number of oxazole rings is 1. The minimum Gasteiger partial charge on any atom is -0.493 e. The van der Waals surface area contributed by atoms with E-state index in [1.54, 1.807) is 53.9 Å². The molecular formula is C20H21NO6. The summed E-state index contributed by atoms with van der Waals surface area (Å²) in [7, 11) is 7.83. The molecule has 1 aromatic heterocycles. The molecule has 3 aromatic rings. The first-order valence-corrected chi connectivity index (χ1v) is 8.15. The van der Waals surface area contributed by atoms with Crippen LogP contribution in [0, 0.1) is 0 Å². The molecule has 0 aliphatic rings. The van der Waals surface area contributed by atoms with Gasteiger partial charge in [-0.05, 0) is 24.3 Å². The summed E-state index contributed by atoms with van der Waals surface area (Å²) in [6.07, 6.45) is 1.63. The van der Waals surface area contributed by atoms with E-state index in [2.05, 4.69) is 4.98 Å². The Morgan fingerprint density at radius 2 is 1.33 bits per heavy atom. The van der Waals surface area contributed by atoms with Crippen LogP contribution in [0.4, 0.5) is 0 Å². The fourth-order valence-electron chi connectivity index (χ4n) is 2.87. The van der Waals surface area contributed by atoms with Crippen molar-refractivity contribution in [3.05, 3.63) is 36.5 Å². The molecule has 3 rings (SSSR count). The molecule has 0 aliphatic heterocycles. The van der Waals surface area contributed by atoms with Gasteiger partial charge in [0.1, 0.15) is 0 Å². The second-order valence-corrected chi connectivity index (χ2v) is 5.45. The number of hydrogen-bond donors (Lipinski definition) is 0. The number of hydrogen-bond acceptors (Lipinski definition) is 7. The zero-order valence-corrected chi connectivity index (χ0v) is 15.9. The topological polar surface area (TPSA) is 72.2 Å². The Bertz CT molecular complexity index is 934. The first-order chi connectivity index (χ1) is 13.2. The number of rotatable bonds is 7. The van der Waals surface area contributed by atoms with Gasteiger partial charge in [0, 0.05) is 0 Å². The quantitative estimate of drug-likeness (QED) is 0.620. The maximum atomic E-state index is 5.99. The number of aromatic nitrogens is 1. The van der Waals surface area contributed by atoms with Gasteiger partial charge in [0.2, 0.25) is 11.6 Å². The Kier molecular flexibility index (Phi) is 5.40. The molecule has 0 spiro atoms. The van der Waals surface area contributed by atoms with E-state index in [4.69, 9.17) is 28.1 Å².